The fraction of sp³-hybridized carbons (Fsp3) is 0.709. The van der Waals surface area contributed by atoms with Gasteiger partial charge in [-0.05, 0) is 55.2 Å². The molecule has 0 saturated carbocycles. The van der Waals surface area contributed by atoms with Gasteiger partial charge in [-0.25, -0.2) is 4.79 Å². The molecule has 374 valence electrons. The number of esters is 1. The average molecular weight is 924 g/mol. The highest BCUT2D eigenvalue weighted by Crippen LogP contribution is 2.27. The first kappa shape index (κ1) is 57.0. The van der Waals surface area contributed by atoms with Gasteiger partial charge in [-0.3, -0.25) is 4.79 Å². The van der Waals surface area contributed by atoms with Gasteiger partial charge in [0.25, 0.3) is 0 Å². The number of ether oxygens (including phenoxy) is 5. The van der Waals surface area contributed by atoms with Crippen LogP contribution in [0.5, 0.6) is 5.75 Å². The third kappa shape index (κ3) is 24.1. The van der Waals surface area contributed by atoms with Crippen LogP contribution in [0.4, 0.5) is 0 Å². The minimum atomic E-state index is -1.46. The number of allylic oxidation sites excluding steroid dienone is 1. The van der Waals surface area contributed by atoms with Crippen LogP contribution in [0, 0.1) is 0 Å². The van der Waals surface area contributed by atoms with Gasteiger partial charge < -0.3 is 44.3 Å². The van der Waals surface area contributed by atoms with Crippen LogP contribution in [0.2, 0.25) is 0 Å². The van der Waals surface area contributed by atoms with Crippen LogP contribution in [0.1, 0.15) is 197 Å². The monoisotopic (exact) mass is 924 g/mol. The first-order valence-electron chi connectivity index (χ1n) is 26.0. The van der Waals surface area contributed by atoms with Crippen LogP contribution in [0.3, 0.4) is 0 Å². The Morgan fingerprint density at radius 1 is 0.682 bits per heavy atom. The Hall–Kier alpha value is -3.32. The van der Waals surface area contributed by atoms with Crippen LogP contribution in [-0.4, -0.2) is 90.4 Å². The molecular formula is C55H89NO10. The highest BCUT2D eigenvalue weighted by Gasteiger charge is 2.46. The van der Waals surface area contributed by atoms with Crippen molar-refractivity contribution in [1.29, 1.82) is 0 Å². The molecule has 2 aromatic rings. The number of carbonyl (C=O) groups is 2. The first-order chi connectivity index (χ1) is 32.3. The van der Waals surface area contributed by atoms with Gasteiger partial charge in [0.2, 0.25) is 5.91 Å². The number of unbranched alkanes of at least 4 members (excludes halogenated alkanes) is 23. The molecular weight excluding hydrogens is 835 g/mol. The zero-order chi connectivity index (χ0) is 47.5. The van der Waals surface area contributed by atoms with Gasteiger partial charge in [0, 0.05) is 6.42 Å². The van der Waals surface area contributed by atoms with Crippen molar-refractivity contribution in [2.75, 3.05) is 20.3 Å². The molecule has 11 nitrogen and oxygen atoms in total. The highest BCUT2D eigenvalue weighted by atomic mass is 16.7. The summed E-state index contributed by atoms with van der Waals surface area (Å²) < 4.78 is 29.9. The van der Waals surface area contributed by atoms with E-state index in [9.17, 15) is 24.9 Å². The molecule has 1 heterocycles. The minimum absolute atomic E-state index is 0.0594. The van der Waals surface area contributed by atoms with Gasteiger partial charge >= 0.3 is 5.97 Å². The number of aliphatic hydroxyl groups is 3. The molecule has 1 aliphatic rings. The van der Waals surface area contributed by atoms with E-state index in [-0.39, 0.29) is 19.1 Å². The van der Waals surface area contributed by atoms with Crippen LogP contribution in [0.15, 0.2) is 66.7 Å². The maximum atomic E-state index is 13.7. The summed E-state index contributed by atoms with van der Waals surface area (Å²) >= 11 is 0. The van der Waals surface area contributed by atoms with Crippen molar-refractivity contribution in [3.05, 3.63) is 77.9 Å². The topological polar surface area (TPSA) is 153 Å². The Kier molecular flexibility index (Phi) is 31.7. The summed E-state index contributed by atoms with van der Waals surface area (Å²) in [4.78, 5) is 27.3. The first-order valence-corrected chi connectivity index (χ1v) is 26.0. The third-order valence-electron chi connectivity index (χ3n) is 12.7. The minimum Gasteiger partial charge on any atom is -0.497 e. The van der Waals surface area contributed by atoms with Crippen molar-refractivity contribution in [3.8, 4) is 5.75 Å². The zero-order valence-corrected chi connectivity index (χ0v) is 41.1. The molecule has 1 aliphatic heterocycles. The summed E-state index contributed by atoms with van der Waals surface area (Å²) in [6, 6.07) is 15.2. The summed E-state index contributed by atoms with van der Waals surface area (Å²) in [6.07, 6.45) is 26.9. The van der Waals surface area contributed by atoms with Gasteiger partial charge in [-0.1, -0.05) is 192 Å². The molecule has 0 aromatic heterocycles. The highest BCUT2D eigenvalue weighted by molar-refractivity contribution is 5.89. The van der Waals surface area contributed by atoms with Gasteiger partial charge in [0.1, 0.15) is 36.3 Å². The van der Waals surface area contributed by atoms with Gasteiger partial charge in [0.15, 0.2) is 6.29 Å². The van der Waals surface area contributed by atoms with Crippen molar-refractivity contribution >= 4 is 11.9 Å². The lowest BCUT2D eigenvalue weighted by molar-refractivity contribution is -0.313. The van der Waals surface area contributed by atoms with E-state index in [0.717, 1.165) is 50.5 Å². The lowest BCUT2D eigenvalue weighted by atomic mass is 9.99. The molecule has 0 radical (unpaired) electrons. The Morgan fingerprint density at radius 3 is 1.74 bits per heavy atom. The molecule has 0 spiro atoms. The SMILES string of the molecule is CCCCCCCCCCCCC/C=C/C(OC(=O)c1ccccc1)C(CO[C@H]1O[C@H](CO)[C@H](O)[C@H](O)[C@H]1OCc1ccc(OC)cc1)NC(=O)CCCCCCCCCCCCCCC. The maximum absolute atomic E-state index is 13.7. The second kappa shape index (κ2) is 36.7. The number of methoxy groups -OCH3 is 1. The van der Waals surface area contributed by atoms with Gasteiger partial charge in [-0.15, -0.1) is 0 Å². The molecule has 1 fully saturated rings. The van der Waals surface area contributed by atoms with Crippen molar-refractivity contribution < 1.29 is 48.6 Å². The van der Waals surface area contributed by atoms with Crippen molar-refractivity contribution in [2.45, 2.75) is 230 Å². The predicted molar refractivity (Wildman–Crippen MR) is 263 cm³/mol. The summed E-state index contributed by atoms with van der Waals surface area (Å²) in [6.45, 7) is 3.80. The van der Waals surface area contributed by atoms with Gasteiger partial charge in [0.05, 0.1) is 38.5 Å². The predicted octanol–water partition coefficient (Wildman–Crippen LogP) is 11.5. The van der Waals surface area contributed by atoms with E-state index >= 15 is 0 Å². The Morgan fingerprint density at radius 2 is 1.21 bits per heavy atom. The standard InChI is InChI=1S/C55H89NO10/c1-4-6-8-10-12-14-16-18-20-22-24-26-31-35-48(65-54(61)45-33-29-28-30-34-45)47(56-50(58)36-32-27-25-23-21-19-17-15-13-11-9-7-5-2)43-64-55-53(52(60)51(59)49(41-57)66-55)63-42-44-37-39-46(62-3)40-38-44/h28-31,33-35,37-40,47-49,51-53,55,57,59-60H,4-27,32,36,41-43H2,1-3H3,(H,56,58)/b35-31+/t47?,48?,49-,51+,52+,53-,55+/m1/s1. The van der Waals surface area contributed by atoms with Crippen LogP contribution >= 0.6 is 0 Å². The number of aliphatic hydroxyl groups excluding tert-OH is 3. The Bertz CT molecular complexity index is 1520. The molecule has 4 N–H and O–H groups in total. The lowest BCUT2D eigenvalue weighted by Crippen LogP contribution is -2.60. The molecule has 7 atom stereocenters. The quantitative estimate of drug-likeness (QED) is 0.0289. The summed E-state index contributed by atoms with van der Waals surface area (Å²) in [7, 11) is 1.58. The van der Waals surface area contributed by atoms with E-state index in [4.69, 9.17) is 23.7 Å². The molecule has 0 bridgehead atoms. The van der Waals surface area contributed by atoms with Crippen molar-refractivity contribution in [3.63, 3.8) is 0 Å². The van der Waals surface area contributed by atoms with Crippen LogP contribution in [0.25, 0.3) is 0 Å². The smallest absolute Gasteiger partial charge is 0.338 e. The average Bonchev–Trinajstić information content (AvgIpc) is 3.34. The second-order valence-corrected chi connectivity index (χ2v) is 18.3. The lowest BCUT2D eigenvalue weighted by Gasteiger charge is -2.42. The number of carbonyl (C=O) groups excluding carboxylic acids is 2. The number of nitrogens with one attached hydrogen (secondary N) is 1. The largest absolute Gasteiger partial charge is 0.497 e. The number of amides is 1. The molecule has 2 unspecified atom stereocenters. The number of benzene rings is 2. The number of hydrogen-bond donors (Lipinski definition) is 4. The second-order valence-electron chi connectivity index (χ2n) is 18.3. The van der Waals surface area contributed by atoms with E-state index in [1.807, 2.05) is 30.4 Å². The Labute approximate surface area is 398 Å². The fourth-order valence-electron chi connectivity index (χ4n) is 8.46. The molecule has 1 amide bonds. The van der Waals surface area contributed by atoms with E-state index in [0.29, 0.717) is 17.7 Å². The summed E-state index contributed by atoms with van der Waals surface area (Å²) in [5.74, 6) is -0.0456. The molecule has 1 saturated heterocycles. The Balaban J connectivity index is 1.70. The molecule has 3 rings (SSSR count). The number of rotatable bonds is 39. The van der Waals surface area contributed by atoms with Crippen molar-refractivity contribution in [1.82, 2.24) is 5.32 Å². The molecule has 66 heavy (non-hydrogen) atoms. The molecule has 0 aliphatic carbocycles. The summed E-state index contributed by atoms with van der Waals surface area (Å²) in [5, 5.41) is 35.3. The molecule has 2 aromatic carbocycles. The van der Waals surface area contributed by atoms with Crippen molar-refractivity contribution in [2.24, 2.45) is 0 Å². The summed E-state index contributed by atoms with van der Waals surface area (Å²) in [5.41, 5.74) is 1.17. The van der Waals surface area contributed by atoms with E-state index in [1.165, 1.54) is 116 Å². The maximum Gasteiger partial charge on any atom is 0.338 e. The van der Waals surface area contributed by atoms with Crippen LogP contribution in [-0.2, 0) is 30.3 Å². The third-order valence-corrected chi connectivity index (χ3v) is 12.7. The fourth-order valence-corrected chi connectivity index (χ4v) is 8.46. The number of hydrogen-bond acceptors (Lipinski definition) is 10. The normalized spacial score (nSPS) is 19.5. The van der Waals surface area contributed by atoms with E-state index in [2.05, 4.69) is 19.2 Å². The van der Waals surface area contributed by atoms with Crippen LogP contribution < -0.4 is 10.1 Å². The molecule has 11 heteroatoms. The van der Waals surface area contributed by atoms with E-state index < -0.39 is 55.4 Å². The van der Waals surface area contributed by atoms with Gasteiger partial charge in [-0.2, -0.15) is 0 Å². The van der Waals surface area contributed by atoms with E-state index in [1.54, 1.807) is 43.5 Å². The zero-order valence-electron chi connectivity index (χ0n) is 41.1.